The van der Waals surface area contributed by atoms with Crippen LogP contribution in [0, 0.1) is 13.8 Å². The molecule has 0 spiro atoms. The summed E-state index contributed by atoms with van der Waals surface area (Å²) in [7, 11) is -1.90. The van der Waals surface area contributed by atoms with Crippen molar-refractivity contribution in [2.75, 3.05) is 11.9 Å². The summed E-state index contributed by atoms with van der Waals surface area (Å²) in [4.78, 5) is 7.12. The number of rotatable bonds is 4. The quantitative estimate of drug-likeness (QED) is 0.390. The van der Waals surface area contributed by atoms with E-state index in [0.29, 0.717) is 11.6 Å². The number of thiocarbonyl (C=S) groups is 1. The number of hydrogen-bond acceptors (Lipinski definition) is 4. The van der Waals surface area contributed by atoms with Crippen molar-refractivity contribution >= 4 is 59.2 Å². The molecule has 1 aliphatic rings. The fourth-order valence-corrected chi connectivity index (χ4v) is 5.41. The van der Waals surface area contributed by atoms with E-state index in [1.807, 2.05) is 24.3 Å². The first-order valence-electron chi connectivity index (χ1n) is 9.79. The van der Waals surface area contributed by atoms with Crippen molar-refractivity contribution in [1.29, 1.82) is 0 Å². The highest BCUT2D eigenvalue weighted by Gasteiger charge is 2.38. The van der Waals surface area contributed by atoms with Gasteiger partial charge in [-0.1, -0.05) is 56.7 Å². The Bertz CT molecular complexity index is 958. The zero-order valence-electron chi connectivity index (χ0n) is 18.1. The molecule has 1 N–H and O–H groups in total. The van der Waals surface area contributed by atoms with Gasteiger partial charge in [0.1, 0.15) is 16.0 Å². The predicted molar refractivity (Wildman–Crippen MR) is 134 cm³/mol. The predicted octanol–water partition coefficient (Wildman–Crippen LogP) is 7.00. The Morgan fingerprint density at radius 2 is 1.83 bits per heavy atom. The van der Waals surface area contributed by atoms with E-state index < -0.39 is 8.32 Å². The fraction of sp³-hybridized carbons (Fsp3) is 0.455. The normalized spacial score (nSPS) is 17.4. The number of hydrogen-bond donors (Lipinski definition) is 1. The van der Waals surface area contributed by atoms with Gasteiger partial charge in [0.25, 0.3) is 0 Å². The fourth-order valence-electron chi connectivity index (χ4n) is 2.92. The largest absolute Gasteiger partial charge is 0.414 e. The van der Waals surface area contributed by atoms with Gasteiger partial charge in [0, 0.05) is 21.0 Å². The lowest BCUT2D eigenvalue weighted by atomic mass is 10.00. The maximum atomic E-state index is 6.48. The maximum absolute atomic E-state index is 6.48. The van der Waals surface area contributed by atoms with Crippen LogP contribution >= 0.6 is 35.2 Å². The molecule has 3 rings (SSSR count). The second-order valence-corrected chi connectivity index (χ2v) is 16.0. The zero-order valence-corrected chi connectivity index (χ0v) is 21.5. The third-order valence-corrected chi connectivity index (χ3v) is 12.2. The van der Waals surface area contributed by atoms with Crippen LogP contribution in [0.15, 0.2) is 29.3 Å². The molecule has 1 unspecified atom stereocenters. The first-order valence-corrected chi connectivity index (χ1v) is 14.3. The van der Waals surface area contributed by atoms with Crippen LogP contribution in [0.1, 0.15) is 42.3 Å². The van der Waals surface area contributed by atoms with Crippen LogP contribution in [0.25, 0.3) is 0 Å². The summed E-state index contributed by atoms with van der Waals surface area (Å²) in [6, 6.07) is 7.65. The zero-order chi connectivity index (χ0) is 21.6. The van der Waals surface area contributed by atoms with Gasteiger partial charge in [-0.3, -0.25) is 4.99 Å². The highest BCUT2D eigenvalue weighted by molar-refractivity contribution is 7.80. The third-order valence-electron chi connectivity index (χ3n) is 5.97. The average Bonchev–Trinajstić information content (AvgIpc) is 2.81. The summed E-state index contributed by atoms with van der Waals surface area (Å²) < 4.78 is 6.48. The van der Waals surface area contributed by atoms with Crippen molar-refractivity contribution in [1.82, 2.24) is 0 Å². The molecule has 1 aliphatic heterocycles. The molecule has 2 heterocycles. The molecular weight excluding hydrogens is 436 g/mol. The molecule has 0 radical (unpaired) electrons. The molecule has 0 fully saturated rings. The number of aryl methyl sites for hydroxylation is 1. The average molecular weight is 465 g/mol. The van der Waals surface area contributed by atoms with Crippen LogP contribution < -0.4 is 5.32 Å². The summed E-state index contributed by atoms with van der Waals surface area (Å²) >= 11 is 13.6. The SMILES string of the molecule is Cc1sc2c(c1C)C(c1ccc(Cl)cc1)=NC(CO[Si](C)(C)C(C)(C)C)C(=S)N2. The summed E-state index contributed by atoms with van der Waals surface area (Å²) in [5.74, 6) is 0. The molecule has 0 saturated carbocycles. The number of anilines is 1. The van der Waals surface area contributed by atoms with Crippen LogP contribution in [-0.4, -0.2) is 31.7 Å². The molecule has 1 aromatic carbocycles. The highest BCUT2D eigenvalue weighted by atomic mass is 35.5. The Balaban J connectivity index is 2.04. The number of fused-ring (bicyclic) bond motifs is 1. The van der Waals surface area contributed by atoms with Crippen LogP contribution in [0.3, 0.4) is 0 Å². The third kappa shape index (κ3) is 4.67. The second kappa shape index (κ2) is 8.23. The Kier molecular flexibility index (Phi) is 6.42. The number of thiophene rings is 1. The molecule has 156 valence electrons. The van der Waals surface area contributed by atoms with E-state index in [4.69, 9.17) is 33.2 Å². The smallest absolute Gasteiger partial charge is 0.192 e. The molecule has 1 atom stereocenters. The van der Waals surface area contributed by atoms with Crippen LogP contribution in [0.5, 0.6) is 0 Å². The van der Waals surface area contributed by atoms with E-state index in [-0.39, 0.29) is 11.1 Å². The lowest BCUT2D eigenvalue weighted by Gasteiger charge is -2.36. The van der Waals surface area contributed by atoms with E-state index >= 15 is 0 Å². The van der Waals surface area contributed by atoms with Crippen molar-refractivity contribution in [3.63, 3.8) is 0 Å². The Morgan fingerprint density at radius 3 is 2.41 bits per heavy atom. The molecule has 0 saturated heterocycles. The minimum Gasteiger partial charge on any atom is -0.414 e. The molecule has 3 nitrogen and oxygen atoms in total. The van der Waals surface area contributed by atoms with Gasteiger partial charge in [-0.05, 0) is 49.7 Å². The van der Waals surface area contributed by atoms with E-state index in [0.717, 1.165) is 26.8 Å². The maximum Gasteiger partial charge on any atom is 0.192 e. The molecule has 0 amide bonds. The van der Waals surface area contributed by atoms with Gasteiger partial charge in [-0.15, -0.1) is 11.3 Å². The summed E-state index contributed by atoms with van der Waals surface area (Å²) in [5.41, 5.74) is 4.36. The molecule has 2 aromatic rings. The van der Waals surface area contributed by atoms with Gasteiger partial charge in [-0.25, -0.2) is 0 Å². The minimum absolute atomic E-state index is 0.141. The van der Waals surface area contributed by atoms with E-state index in [1.54, 1.807) is 11.3 Å². The standard InChI is InChI=1S/C22H29ClN2OS2Si/c1-13-14(2)28-21-18(13)19(15-8-10-16(23)11-9-15)24-17(20(27)25-21)12-26-29(6,7)22(3,4)5/h8-11,17H,12H2,1-7H3,(H,25,27). The highest BCUT2D eigenvalue weighted by Crippen LogP contribution is 2.38. The van der Waals surface area contributed by atoms with E-state index in [9.17, 15) is 0 Å². The molecule has 0 aliphatic carbocycles. The van der Waals surface area contributed by atoms with Gasteiger partial charge in [0.15, 0.2) is 8.32 Å². The summed E-state index contributed by atoms with van der Waals surface area (Å²) in [5, 5.41) is 5.38. The lowest BCUT2D eigenvalue weighted by molar-refractivity contribution is 0.285. The van der Waals surface area contributed by atoms with Crippen molar-refractivity contribution < 1.29 is 4.43 Å². The number of nitrogens with one attached hydrogen (secondary N) is 1. The van der Waals surface area contributed by atoms with Crippen LogP contribution in [-0.2, 0) is 4.43 Å². The van der Waals surface area contributed by atoms with Crippen LogP contribution in [0.2, 0.25) is 23.2 Å². The summed E-state index contributed by atoms with van der Waals surface area (Å²) in [6.07, 6.45) is 0. The first kappa shape index (κ1) is 22.6. The minimum atomic E-state index is -1.90. The lowest BCUT2D eigenvalue weighted by Crippen LogP contribution is -2.43. The van der Waals surface area contributed by atoms with Crippen molar-refractivity contribution in [2.45, 2.75) is 58.8 Å². The molecular formula is C22H29ClN2OS2Si. The second-order valence-electron chi connectivity index (χ2n) is 9.05. The van der Waals surface area contributed by atoms with Gasteiger partial charge >= 0.3 is 0 Å². The topological polar surface area (TPSA) is 33.6 Å². The summed E-state index contributed by atoms with van der Waals surface area (Å²) in [6.45, 7) is 16.0. The first-order chi connectivity index (χ1) is 13.4. The number of nitrogens with zero attached hydrogens (tertiary/aromatic N) is 1. The molecule has 29 heavy (non-hydrogen) atoms. The molecule has 0 bridgehead atoms. The van der Waals surface area contributed by atoms with Crippen molar-refractivity contribution in [2.24, 2.45) is 4.99 Å². The Labute approximate surface area is 189 Å². The number of benzene rings is 1. The Hall–Kier alpha value is -1.05. The van der Waals surface area contributed by atoms with E-state index in [1.165, 1.54) is 10.4 Å². The number of halogens is 1. The van der Waals surface area contributed by atoms with Crippen LogP contribution in [0.4, 0.5) is 5.00 Å². The molecule has 7 heteroatoms. The van der Waals surface area contributed by atoms with Crippen molar-refractivity contribution in [3.05, 3.63) is 50.9 Å². The van der Waals surface area contributed by atoms with Gasteiger partial charge < -0.3 is 9.74 Å². The van der Waals surface area contributed by atoms with E-state index in [2.05, 4.69) is 53.0 Å². The monoisotopic (exact) mass is 464 g/mol. The van der Waals surface area contributed by atoms with Gasteiger partial charge in [0.05, 0.1) is 12.3 Å². The van der Waals surface area contributed by atoms with Crippen molar-refractivity contribution in [3.8, 4) is 0 Å². The van der Waals surface area contributed by atoms with Gasteiger partial charge in [0.2, 0.25) is 0 Å². The van der Waals surface area contributed by atoms with Gasteiger partial charge in [-0.2, -0.15) is 0 Å². The Morgan fingerprint density at radius 1 is 1.21 bits per heavy atom. The molecule has 1 aromatic heterocycles. The number of aliphatic imine (C=N–C) groups is 1.